The third-order valence-corrected chi connectivity index (χ3v) is 2.51. The van der Waals surface area contributed by atoms with Crippen LogP contribution in [0.15, 0.2) is 12.4 Å². The summed E-state index contributed by atoms with van der Waals surface area (Å²) >= 11 is 0. The van der Waals surface area contributed by atoms with E-state index in [1.54, 1.807) is 6.20 Å². The summed E-state index contributed by atoms with van der Waals surface area (Å²) < 4.78 is 1.83. The highest BCUT2D eigenvalue weighted by Gasteiger charge is 2.34. The minimum Gasteiger partial charge on any atom is -0.390 e. The first-order chi connectivity index (χ1) is 5.67. The minimum atomic E-state index is -0.503. The molecule has 0 radical (unpaired) electrons. The summed E-state index contributed by atoms with van der Waals surface area (Å²) in [4.78, 5) is 0. The zero-order valence-corrected chi connectivity index (χ0v) is 7.14. The molecule has 4 heteroatoms. The molecule has 1 aromatic rings. The number of hydrogen-bond acceptors (Lipinski definition) is 3. The molecule has 0 saturated heterocycles. The second-order valence-corrected chi connectivity index (χ2v) is 3.78. The Balaban J connectivity index is 2.10. The summed E-state index contributed by atoms with van der Waals surface area (Å²) in [5.41, 5.74) is -0.503. The molecule has 1 N–H and O–H groups in total. The molecule has 12 heavy (non-hydrogen) atoms. The molecule has 2 atom stereocenters. The van der Waals surface area contributed by atoms with Crippen LogP contribution >= 0.6 is 0 Å². The summed E-state index contributed by atoms with van der Waals surface area (Å²) in [6, 6.07) is 0.336. The third kappa shape index (κ3) is 1.34. The summed E-state index contributed by atoms with van der Waals surface area (Å²) in [6.45, 7) is 1.88. The summed E-state index contributed by atoms with van der Waals surface area (Å²) in [7, 11) is 0. The molecule has 1 heterocycles. The second kappa shape index (κ2) is 2.55. The first kappa shape index (κ1) is 7.73. The van der Waals surface area contributed by atoms with E-state index >= 15 is 0 Å². The quantitative estimate of drug-likeness (QED) is 0.671. The molecule has 0 aliphatic heterocycles. The average molecular weight is 167 g/mol. The SMILES string of the molecule is CC1(O)CCC(n2ccnn2)C1. The maximum absolute atomic E-state index is 9.70. The molecule has 0 spiro atoms. The summed E-state index contributed by atoms with van der Waals surface area (Å²) in [5.74, 6) is 0. The number of nitrogens with zero attached hydrogens (tertiary/aromatic N) is 3. The molecule has 66 valence electrons. The molecule has 2 unspecified atom stereocenters. The highest BCUT2D eigenvalue weighted by atomic mass is 16.3. The van der Waals surface area contributed by atoms with Crippen molar-refractivity contribution < 1.29 is 5.11 Å². The topological polar surface area (TPSA) is 50.9 Å². The fourth-order valence-corrected chi connectivity index (χ4v) is 1.83. The molecule has 4 nitrogen and oxygen atoms in total. The smallest absolute Gasteiger partial charge is 0.0693 e. The van der Waals surface area contributed by atoms with Crippen LogP contribution in [0.2, 0.25) is 0 Å². The Hall–Kier alpha value is -0.900. The first-order valence-electron chi connectivity index (χ1n) is 4.26. The van der Waals surface area contributed by atoms with Crippen molar-refractivity contribution in [1.82, 2.24) is 15.0 Å². The van der Waals surface area contributed by atoms with Crippen molar-refractivity contribution in [2.45, 2.75) is 37.8 Å². The van der Waals surface area contributed by atoms with E-state index in [0.29, 0.717) is 6.04 Å². The molecule has 1 saturated carbocycles. The molecule has 0 aromatic carbocycles. The number of aliphatic hydroxyl groups is 1. The predicted molar refractivity (Wildman–Crippen MR) is 43.5 cm³/mol. The Kier molecular flexibility index (Phi) is 1.65. The Morgan fingerprint density at radius 2 is 2.50 bits per heavy atom. The van der Waals surface area contributed by atoms with Crippen LogP contribution in [-0.4, -0.2) is 25.7 Å². The molecular formula is C8H13N3O. The van der Waals surface area contributed by atoms with Crippen molar-refractivity contribution in [2.75, 3.05) is 0 Å². The van der Waals surface area contributed by atoms with E-state index in [-0.39, 0.29) is 0 Å². The summed E-state index contributed by atoms with van der Waals surface area (Å²) in [6.07, 6.45) is 6.17. The van der Waals surface area contributed by atoms with Crippen LogP contribution < -0.4 is 0 Å². The van der Waals surface area contributed by atoms with Gasteiger partial charge in [0.1, 0.15) is 0 Å². The maximum Gasteiger partial charge on any atom is 0.0693 e. The average Bonchev–Trinajstić information content (AvgIpc) is 2.55. The fourth-order valence-electron chi connectivity index (χ4n) is 1.83. The van der Waals surface area contributed by atoms with Crippen molar-refractivity contribution in [3.8, 4) is 0 Å². The molecule has 0 bridgehead atoms. The van der Waals surface area contributed by atoms with Crippen molar-refractivity contribution in [2.24, 2.45) is 0 Å². The van der Waals surface area contributed by atoms with Gasteiger partial charge in [-0.3, -0.25) is 0 Å². The van der Waals surface area contributed by atoms with E-state index in [9.17, 15) is 5.11 Å². The molecule has 1 aromatic heterocycles. The van der Waals surface area contributed by atoms with Gasteiger partial charge >= 0.3 is 0 Å². The van der Waals surface area contributed by atoms with Gasteiger partial charge in [-0.05, 0) is 26.2 Å². The summed E-state index contributed by atoms with van der Waals surface area (Å²) in [5, 5.41) is 17.4. The lowest BCUT2D eigenvalue weighted by atomic mass is 10.1. The Bertz CT molecular complexity index is 255. The van der Waals surface area contributed by atoms with Gasteiger partial charge in [-0.1, -0.05) is 5.21 Å². The van der Waals surface area contributed by atoms with Gasteiger partial charge in [0.05, 0.1) is 17.8 Å². The van der Waals surface area contributed by atoms with Gasteiger partial charge in [0.2, 0.25) is 0 Å². The van der Waals surface area contributed by atoms with Crippen LogP contribution in [0.1, 0.15) is 32.2 Å². The highest BCUT2D eigenvalue weighted by Crippen LogP contribution is 2.36. The lowest BCUT2D eigenvalue weighted by Gasteiger charge is -2.15. The largest absolute Gasteiger partial charge is 0.390 e. The maximum atomic E-state index is 9.70. The molecule has 2 rings (SSSR count). The van der Waals surface area contributed by atoms with Crippen LogP contribution in [0, 0.1) is 0 Å². The predicted octanol–water partition coefficient (Wildman–Crippen LogP) is 0.754. The van der Waals surface area contributed by atoms with Crippen molar-refractivity contribution >= 4 is 0 Å². The van der Waals surface area contributed by atoms with Gasteiger partial charge < -0.3 is 5.11 Å². The highest BCUT2D eigenvalue weighted by molar-refractivity contribution is 4.88. The van der Waals surface area contributed by atoms with Crippen LogP contribution in [0.5, 0.6) is 0 Å². The van der Waals surface area contributed by atoms with Gasteiger partial charge in [0, 0.05) is 6.20 Å². The minimum absolute atomic E-state index is 0.336. The van der Waals surface area contributed by atoms with E-state index in [4.69, 9.17) is 0 Å². The van der Waals surface area contributed by atoms with Crippen LogP contribution in [0.3, 0.4) is 0 Å². The monoisotopic (exact) mass is 167 g/mol. The van der Waals surface area contributed by atoms with Gasteiger partial charge in [0.25, 0.3) is 0 Å². The zero-order valence-electron chi connectivity index (χ0n) is 7.14. The van der Waals surface area contributed by atoms with Crippen LogP contribution in [0.4, 0.5) is 0 Å². The van der Waals surface area contributed by atoms with Gasteiger partial charge in [0.15, 0.2) is 0 Å². The van der Waals surface area contributed by atoms with E-state index in [1.165, 1.54) is 0 Å². The molecule has 0 amide bonds. The Labute approximate surface area is 71.2 Å². The molecule has 1 aliphatic rings. The third-order valence-electron chi connectivity index (χ3n) is 2.51. The van der Waals surface area contributed by atoms with Crippen molar-refractivity contribution in [3.63, 3.8) is 0 Å². The van der Waals surface area contributed by atoms with Crippen LogP contribution in [0.25, 0.3) is 0 Å². The van der Waals surface area contributed by atoms with E-state index < -0.39 is 5.60 Å². The fraction of sp³-hybridized carbons (Fsp3) is 0.750. The Morgan fingerprint density at radius 1 is 1.67 bits per heavy atom. The molecule has 1 fully saturated rings. The lowest BCUT2D eigenvalue weighted by Crippen LogP contribution is -2.19. The van der Waals surface area contributed by atoms with E-state index in [1.807, 2.05) is 17.8 Å². The normalized spacial score (nSPS) is 35.7. The van der Waals surface area contributed by atoms with Gasteiger partial charge in [-0.15, -0.1) is 5.10 Å². The van der Waals surface area contributed by atoms with Crippen molar-refractivity contribution in [3.05, 3.63) is 12.4 Å². The van der Waals surface area contributed by atoms with E-state index in [2.05, 4.69) is 10.3 Å². The number of hydrogen-bond donors (Lipinski definition) is 1. The standard InChI is InChI=1S/C8H13N3O/c1-8(12)3-2-7(6-8)11-5-4-9-10-11/h4-5,7,12H,2-3,6H2,1H3. The van der Waals surface area contributed by atoms with Crippen molar-refractivity contribution in [1.29, 1.82) is 0 Å². The zero-order chi connectivity index (χ0) is 8.60. The number of rotatable bonds is 1. The van der Waals surface area contributed by atoms with Gasteiger partial charge in [-0.25, -0.2) is 4.68 Å². The molecular weight excluding hydrogens is 154 g/mol. The first-order valence-corrected chi connectivity index (χ1v) is 4.26. The second-order valence-electron chi connectivity index (χ2n) is 3.78. The molecule has 1 aliphatic carbocycles. The number of aromatic nitrogens is 3. The van der Waals surface area contributed by atoms with E-state index in [0.717, 1.165) is 19.3 Å². The van der Waals surface area contributed by atoms with Crippen LogP contribution in [-0.2, 0) is 0 Å². The Morgan fingerprint density at radius 3 is 3.00 bits per heavy atom. The van der Waals surface area contributed by atoms with Gasteiger partial charge in [-0.2, -0.15) is 0 Å². The lowest BCUT2D eigenvalue weighted by molar-refractivity contribution is 0.0634.